The minimum Gasteiger partial charge on any atom is -0.313 e. The number of aromatic nitrogens is 5. The molecule has 4 rings (SSSR count). The van der Waals surface area contributed by atoms with Gasteiger partial charge in [-0.2, -0.15) is 5.10 Å². The second-order valence-electron chi connectivity index (χ2n) is 6.81. The van der Waals surface area contributed by atoms with E-state index >= 15 is 0 Å². The first-order valence-electron chi connectivity index (χ1n) is 8.56. The number of fused-ring (bicyclic) bond motifs is 1. The van der Waals surface area contributed by atoms with Gasteiger partial charge in [0.1, 0.15) is 17.5 Å². The first-order valence-corrected chi connectivity index (χ1v) is 8.56. The molecular weight excluding hydrogens is 306 g/mol. The predicted molar refractivity (Wildman–Crippen MR) is 88.3 cm³/mol. The highest BCUT2D eigenvalue weighted by molar-refractivity contribution is 5.91. The van der Waals surface area contributed by atoms with Crippen molar-refractivity contribution in [1.29, 1.82) is 0 Å². The molecule has 1 unspecified atom stereocenters. The number of carbonyl (C=O) groups is 1. The van der Waals surface area contributed by atoms with Gasteiger partial charge in [-0.1, -0.05) is 0 Å². The Morgan fingerprint density at radius 3 is 3.00 bits per heavy atom. The number of hydrogen-bond donors (Lipinski definition) is 1. The lowest BCUT2D eigenvalue weighted by Gasteiger charge is -2.26. The van der Waals surface area contributed by atoms with E-state index in [9.17, 15) is 4.79 Å². The molecule has 2 aromatic heterocycles. The topological polar surface area (TPSA) is 80.9 Å². The average molecular weight is 329 g/mol. The van der Waals surface area contributed by atoms with E-state index in [2.05, 4.69) is 37.0 Å². The number of anilines is 1. The first-order chi connectivity index (χ1) is 11.6. The van der Waals surface area contributed by atoms with E-state index in [1.807, 2.05) is 17.7 Å². The molecule has 0 spiro atoms. The Kier molecular flexibility index (Phi) is 3.84. The average Bonchev–Trinajstić information content (AvgIpc) is 3.22. The molecule has 24 heavy (non-hydrogen) atoms. The number of nitrogens with one attached hydrogen (secondary N) is 1. The van der Waals surface area contributed by atoms with Crippen LogP contribution in [0.5, 0.6) is 0 Å². The second-order valence-corrected chi connectivity index (χ2v) is 6.81. The standard InChI is InChI=1S/C16H23N7O/c1-11(13-3-4-13)23-14(5-6-17-23)18-16(24)10-21-7-8-22-12(2)19-20-15(22)9-21/h5-6,11,13H,3-4,7-10H2,1-2H3,(H,18,24). The zero-order valence-electron chi connectivity index (χ0n) is 14.1. The molecule has 1 amide bonds. The van der Waals surface area contributed by atoms with Gasteiger partial charge in [0.25, 0.3) is 0 Å². The van der Waals surface area contributed by atoms with Crippen molar-refractivity contribution in [3.63, 3.8) is 0 Å². The molecule has 0 radical (unpaired) electrons. The van der Waals surface area contributed by atoms with Crippen LogP contribution < -0.4 is 5.32 Å². The molecule has 2 aromatic rings. The number of amides is 1. The molecule has 1 saturated carbocycles. The van der Waals surface area contributed by atoms with Crippen LogP contribution in [-0.2, 0) is 17.9 Å². The van der Waals surface area contributed by atoms with Crippen molar-refractivity contribution >= 4 is 11.7 Å². The smallest absolute Gasteiger partial charge is 0.239 e. The molecule has 1 atom stereocenters. The Bertz CT molecular complexity index is 745. The molecule has 8 heteroatoms. The SMILES string of the molecule is Cc1nnc2n1CCN(CC(=O)Nc1ccnn1C(C)C1CC1)C2. The van der Waals surface area contributed by atoms with E-state index < -0.39 is 0 Å². The monoisotopic (exact) mass is 329 g/mol. The number of rotatable bonds is 5. The summed E-state index contributed by atoms with van der Waals surface area (Å²) in [5.41, 5.74) is 0. The third-order valence-corrected chi connectivity index (χ3v) is 5.01. The lowest BCUT2D eigenvalue weighted by atomic mass is 10.2. The van der Waals surface area contributed by atoms with Gasteiger partial charge in [0.15, 0.2) is 0 Å². The fourth-order valence-corrected chi connectivity index (χ4v) is 3.39. The van der Waals surface area contributed by atoms with Gasteiger partial charge in [-0.05, 0) is 32.6 Å². The van der Waals surface area contributed by atoms with Crippen LogP contribution >= 0.6 is 0 Å². The van der Waals surface area contributed by atoms with Crippen molar-refractivity contribution in [2.75, 3.05) is 18.4 Å². The molecule has 0 bridgehead atoms. The van der Waals surface area contributed by atoms with E-state index in [0.29, 0.717) is 25.0 Å². The normalized spacial score (nSPS) is 19.1. The van der Waals surface area contributed by atoms with E-state index in [0.717, 1.165) is 30.6 Å². The molecule has 1 fully saturated rings. The maximum atomic E-state index is 12.4. The highest BCUT2D eigenvalue weighted by atomic mass is 16.2. The molecule has 2 aliphatic rings. The Labute approximate surface area is 140 Å². The van der Waals surface area contributed by atoms with Crippen LogP contribution in [0.2, 0.25) is 0 Å². The minimum atomic E-state index is -0.00978. The van der Waals surface area contributed by atoms with Crippen LogP contribution in [0.3, 0.4) is 0 Å². The van der Waals surface area contributed by atoms with Gasteiger partial charge >= 0.3 is 0 Å². The van der Waals surface area contributed by atoms with Crippen molar-refractivity contribution in [1.82, 2.24) is 29.4 Å². The number of aryl methyl sites for hydroxylation is 1. The van der Waals surface area contributed by atoms with Gasteiger partial charge < -0.3 is 9.88 Å². The summed E-state index contributed by atoms with van der Waals surface area (Å²) in [7, 11) is 0. The van der Waals surface area contributed by atoms with Crippen LogP contribution in [0.1, 0.15) is 37.5 Å². The molecule has 0 saturated heterocycles. The molecule has 1 aliphatic heterocycles. The lowest BCUT2D eigenvalue weighted by molar-refractivity contribution is -0.117. The summed E-state index contributed by atoms with van der Waals surface area (Å²) in [5.74, 6) is 3.34. The summed E-state index contributed by atoms with van der Waals surface area (Å²) in [5, 5.41) is 15.7. The zero-order chi connectivity index (χ0) is 16.7. The Morgan fingerprint density at radius 2 is 2.21 bits per heavy atom. The maximum absolute atomic E-state index is 12.4. The van der Waals surface area contributed by atoms with Crippen LogP contribution in [0.15, 0.2) is 12.3 Å². The molecule has 3 heterocycles. The maximum Gasteiger partial charge on any atom is 0.239 e. The van der Waals surface area contributed by atoms with E-state index in [-0.39, 0.29) is 5.91 Å². The van der Waals surface area contributed by atoms with Gasteiger partial charge in [0.2, 0.25) is 5.91 Å². The van der Waals surface area contributed by atoms with Gasteiger partial charge in [-0.25, -0.2) is 4.68 Å². The summed E-state index contributed by atoms with van der Waals surface area (Å²) < 4.78 is 4.05. The summed E-state index contributed by atoms with van der Waals surface area (Å²) >= 11 is 0. The summed E-state index contributed by atoms with van der Waals surface area (Å²) in [6.07, 6.45) is 4.26. The van der Waals surface area contributed by atoms with Gasteiger partial charge in [-0.15, -0.1) is 10.2 Å². The zero-order valence-corrected chi connectivity index (χ0v) is 14.1. The quantitative estimate of drug-likeness (QED) is 0.892. The largest absolute Gasteiger partial charge is 0.313 e. The van der Waals surface area contributed by atoms with E-state index in [4.69, 9.17) is 0 Å². The van der Waals surface area contributed by atoms with Gasteiger partial charge in [0.05, 0.1) is 25.3 Å². The highest BCUT2D eigenvalue weighted by Crippen LogP contribution is 2.40. The van der Waals surface area contributed by atoms with Crippen molar-refractivity contribution in [2.45, 2.75) is 45.8 Å². The van der Waals surface area contributed by atoms with Crippen LogP contribution in [-0.4, -0.2) is 48.4 Å². The lowest BCUT2D eigenvalue weighted by Crippen LogP contribution is -2.39. The van der Waals surface area contributed by atoms with E-state index in [1.165, 1.54) is 12.8 Å². The molecule has 128 valence electrons. The van der Waals surface area contributed by atoms with E-state index in [1.54, 1.807) is 6.20 Å². The summed E-state index contributed by atoms with van der Waals surface area (Å²) in [6.45, 7) is 6.80. The number of hydrogen-bond acceptors (Lipinski definition) is 5. The molecule has 1 aliphatic carbocycles. The van der Waals surface area contributed by atoms with Crippen LogP contribution in [0.25, 0.3) is 0 Å². The van der Waals surface area contributed by atoms with Gasteiger partial charge in [0, 0.05) is 19.2 Å². The molecular formula is C16H23N7O. The summed E-state index contributed by atoms with van der Waals surface area (Å²) in [4.78, 5) is 14.5. The first kappa shape index (κ1) is 15.3. The molecule has 8 nitrogen and oxygen atoms in total. The third kappa shape index (κ3) is 2.93. The van der Waals surface area contributed by atoms with Crippen molar-refractivity contribution in [3.05, 3.63) is 23.9 Å². The fourth-order valence-electron chi connectivity index (χ4n) is 3.39. The van der Waals surface area contributed by atoms with Crippen molar-refractivity contribution in [2.24, 2.45) is 5.92 Å². The highest BCUT2D eigenvalue weighted by Gasteiger charge is 2.31. The fraction of sp³-hybridized carbons (Fsp3) is 0.625. The van der Waals surface area contributed by atoms with Crippen LogP contribution in [0, 0.1) is 12.8 Å². The molecule has 1 N–H and O–H groups in total. The summed E-state index contributed by atoms with van der Waals surface area (Å²) in [6, 6.07) is 2.21. The second kappa shape index (κ2) is 6.01. The Morgan fingerprint density at radius 1 is 1.38 bits per heavy atom. The molecule has 0 aromatic carbocycles. The Balaban J connectivity index is 1.37. The number of carbonyl (C=O) groups excluding carboxylic acids is 1. The Hall–Kier alpha value is -2.22. The van der Waals surface area contributed by atoms with Gasteiger partial charge in [-0.3, -0.25) is 9.69 Å². The van der Waals surface area contributed by atoms with Crippen LogP contribution in [0.4, 0.5) is 5.82 Å². The predicted octanol–water partition coefficient (Wildman–Crippen LogP) is 1.21. The third-order valence-electron chi connectivity index (χ3n) is 5.01. The van der Waals surface area contributed by atoms with Crippen molar-refractivity contribution < 1.29 is 4.79 Å². The minimum absolute atomic E-state index is 0.00978. The van der Waals surface area contributed by atoms with Crippen molar-refractivity contribution in [3.8, 4) is 0 Å². The number of nitrogens with zero attached hydrogens (tertiary/aromatic N) is 6.